The Labute approximate surface area is 109 Å². The van der Waals surface area contributed by atoms with E-state index in [2.05, 4.69) is 30.7 Å². The number of nitrogens with zero attached hydrogens (tertiary/aromatic N) is 3. The average Bonchev–Trinajstić information content (AvgIpc) is 2.27. The average molecular weight is 252 g/mol. The van der Waals surface area contributed by atoms with E-state index >= 15 is 0 Å². The molecule has 0 aromatic carbocycles. The van der Waals surface area contributed by atoms with E-state index in [1.165, 1.54) is 0 Å². The van der Waals surface area contributed by atoms with Gasteiger partial charge in [-0.2, -0.15) is 4.98 Å². The van der Waals surface area contributed by atoms with Crippen molar-refractivity contribution in [3.05, 3.63) is 22.7 Å². The van der Waals surface area contributed by atoms with Gasteiger partial charge in [0, 0.05) is 24.8 Å². The summed E-state index contributed by atoms with van der Waals surface area (Å²) in [6.07, 6.45) is 2.83. The fourth-order valence-electron chi connectivity index (χ4n) is 2.04. The number of hydrogen-bond donors (Lipinski definition) is 1. The van der Waals surface area contributed by atoms with Gasteiger partial charge >= 0.3 is 5.69 Å². The molecule has 1 rings (SSSR count). The van der Waals surface area contributed by atoms with Crippen LogP contribution in [0.2, 0.25) is 0 Å². The minimum atomic E-state index is -0.275. The molecular formula is C13H24N4O. The van der Waals surface area contributed by atoms with Crippen LogP contribution in [0.1, 0.15) is 40.2 Å². The second-order valence-electron chi connectivity index (χ2n) is 4.98. The van der Waals surface area contributed by atoms with Crippen molar-refractivity contribution in [3.63, 3.8) is 0 Å². The zero-order valence-electron chi connectivity index (χ0n) is 11.8. The fourth-order valence-corrected chi connectivity index (χ4v) is 2.04. The highest BCUT2D eigenvalue weighted by atomic mass is 16.1. The number of hydrogen-bond acceptors (Lipinski definition) is 4. The Morgan fingerprint density at radius 2 is 2.11 bits per heavy atom. The van der Waals surface area contributed by atoms with Crippen LogP contribution in [0, 0.1) is 0 Å². The SMILES string of the molecule is CCCN(CC(C)n1ccc(N)nc1=O)C(C)C. The standard InChI is InChI=1S/C13H24N4O/c1-5-7-16(10(2)3)9-11(4)17-8-6-12(14)15-13(17)18/h6,8,10-11H,5,7,9H2,1-4H3,(H2,14,15,18). The molecular weight excluding hydrogens is 228 g/mol. The van der Waals surface area contributed by atoms with E-state index < -0.39 is 0 Å². The topological polar surface area (TPSA) is 64.2 Å². The van der Waals surface area contributed by atoms with Gasteiger partial charge in [0.1, 0.15) is 5.82 Å². The molecule has 0 bridgehead atoms. The van der Waals surface area contributed by atoms with Crippen molar-refractivity contribution in [2.45, 2.75) is 46.2 Å². The molecule has 0 fully saturated rings. The van der Waals surface area contributed by atoms with Crippen molar-refractivity contribution in [2.24, 2.45) is 0 Å². The molecule has 0 aliphatic carbocycles. The molecule has 18 heavy (non-hydrogen) atoms. The van der Waals surface area contributed by atoms with Crippen LogP contribution >= 0.6 is 0 Å². The highest BCUT2D eigenvalue weighted by Gasteiger charge is 2.14. The Morgan fingerprint density at radius 3 is 2.61 bits per heavy atom. The molecule has 1 aromatic rings. The number of aromatic nitrogens is 2. The van der Waals surface area contributed by atoms with Crippen LogP contribution in [0.15, 0.2) is 17.1 Å². The van der Waals surface area contributed by atoms with Crippen LogP contribution < -0.4 is 11.4 Å². The molecule has 0 amide bonds. The molecule has 0 radical (unpaired) electrons. The highest BCUT2D eigenvalue weighted by molar-refractivity contribution is 5.23. The van der Waals surface area contributed by atoms with Gasteiger partial charge in [-0.1, -0.05) is 6.92 Å². The van der Waals surface area contributed by atoms with E-state index in [9.17, 15) is 4.79 Å². The summed E-state index contributed by atoms with van der Waals surface area (Å²) in [7, 11) is 0. The van der Waals surface area contributed by atoms with E-state index in [0.717, 1.165) is 19.5 Å². The van der Waals surface area contributed by atoms with E-state index in [0.29, 0.717) is 6.04 Å². The second kappa shape index (κ2) is 6.54. The second-order valence-corrected chi connectivity index (χ2v) is 4.98. The van der Waals surface area contributed by atoms with Crippen LogP contribution in [-0.4, -0.2) is 33.6 Å². The fraction of sp³-hybridized carbons (Fsp3) is 0.692. The predicted molar refractivity (Wildman–Crippen MR) is 74.6 cm³/mol. The number of anilines is 1. The van der Waals surface area contributed by atoms with Crippen LogP contribution in [0.3, 0.4) is 0 Å². The van der Waals surface area contributed by atoms with Crippen molar-refractivity contribution in [1.29, 1.82) is 0 Å². The first kappa shape index (κ1) is 14.7. The maximum Gasteiger partial charge on any atom is 0.349 e. The molecule has 0 saturated carbocycles. The van der Waals surface area contributed by atoms with Crippen LogP contribution in [0.5, 0.6) is 0 Å². The molecule has 1 heterocycles. The van der Waals surface area contributed by atoms with Crippen molar-refractivity contribution in [1.82, 2.24) is 14.5 Å². The van der Waals surface area contributed by atoms with Gasteiger partial charge in [0.15, 0.2) is 0 Å². The third-order valence-electron chi connectivity index (χ3n) is 3.07. The molecule has 1 atom stereocenters. The molecule has 5 nitrogen and oxygen atoms in total. The monoisotopic (exact) mass is 252 g/mol. The van der Waals surface area contributed by atoms with E-state index in [4.69, 9.17) is 5.73 Å². The predicted octanol–water partition coefficient (Wildman–Crippen LogP) is 1.51. The van der Waals surface area contributed by atoms with Gasteiger partial charge in [-0.15, -0.1) is 0 Å². The van der Waals surface area contributed by atoms with Gasteiger partial charge in [0.05, 0.1) is 0 Å². The molecule has 0 saturated heterocycles. The summed E-state index contributed by atoms with van der Waals surface area (Å²) in [5, 5.41) is 0. The van der Waals surface area contributed by atoms with Gasteiger partial charge in [-0.3, -0.25) is 9.47 Å². The van der Waals surface area contributed by atoms with Gasteiger partial charge in [0.2, 0.25) is 0 Å². The Balaban J connectivity index is 2.80. The number of rotatable bonds is 6. The lowest BCUT2D eigenvalue weighted by molar-refractivity contribution is 0.192. The lowest BCUT2D eigenvalue weighted by atomic mass is 10.2. The first-order chi connectivity index (χ1) is 8.45. The minimum absolute atomic E-state index is 0.0968. The van der Waals surface area contributed by atoms with Crippen molar-refractivity contribution in [3.8, 4) is 0 Å². The van der Waals surface area contributed by atoms with Crippen LogP contribution in [0.4, 0.5) is 5.82 Å². The van der Waals surface area contributed by atoms with Gasteiger partial charge in [-0.25, -0.2) is 4.79 Å². The zero-order valence-corrected chi connectivity index (χ0v) is 11.8. The van der Waals surface area contributed by atoms with E-state index in [1.54, 1.807) is 16.8 Å². The molecule has 0 spiro atoms. The van der Waals surface area contributed by atoms with Gasteiger partial charge in [-0.05, 0) is 39.8 Å². The summed E-state index contributed by atoms with van der Waals surface area (Å²) >= 11 is 0. The van der Waals surface area contributed by atoms with Crippen molar-refractivity contribution in [2.75, 3.05) is 18.8 Å². The third-order valence-corrected chi connectivity index (χ3v) is 3.07. The van der Waals surface area contributed by atoms with Gasteiger partial charge < -0.3 is 5.73 Å². The summed E-state index contributed by atoms with van der Waals surface area (Å²) in [6.45, 7) is 10.4. The lowest BCUT2D eigenvalue weighted by Crippen LogP contribution is -2.38. The Kier molecular flexibility index (Phi) is 5.34. The number of nitrogen functional groups attached to an aromatic ring is 1. The molecule has 0 aliphatic heterocycles. The highest BCUT2D eigenvalue weighted by Crippen LogP contribution is 2.09. The molecule has 1 unspecified atom stereocenters. The smallest absolute Gasteiger partial charge is 0.349 e. The molecule has 0 aliphatic rings. The summed E-state index contributed by atoms with van der Waals surface area (Å²) in [4.78, 5) is 17.9. The van der Waals surface area contributed by atoms with Crippen molar-refractivity contribution >= 4 is 5.82 Å². The third kappa shape index (κ3) is 3.84. The quantitative estimate of drug-likeness (QED) is 0.833. The molecule has 2 N–H and O–H groups in total. The van der Waals surface area contributed by atoms with E-state index in [1.807, 2.05) is 6.92 Å². The summed E-state index contributed by atoms with van der Waals surface area (Å²) in [6, 6.07) is 2.24. The molecule has 102 valence electrons. The summed E-state index contributed by atoms with van der Waals surface area (Å²) < 4.78 is 1.64. The maximum absolute atomic E-state index is 11.7. The van der Waals surface area contributed by atoms with Crippen molar-refractivity contribution < 1.29 is 0 Å². The Hall–Kier alpha value is -1.36. The number of nitrogens with two attached hydrogens (primary N) is 1. The Bertz CT molecular complexity index is 427. The largest absolute Gasteiger partial charge is 0.383 e. The Morgan fingerprint density at radius 1 is 1.44 bits per heavy atom. The zero-order chi connectivity index (χ0) is 13.7. The van der Waals surface area contributed by atoms with Crippen LogP contribution in [-0.2, 0) is 0 Å². The lowest BCUT2D eigenvalue weighted by Gasteiger charge is -2.29. The first-order valence-corrected chi connectivity index (χ1v) is 6.54. The summed E-state index contributed by atoms with van der Waals surface area (Å²) in [5.74, 6) is 0.276. The van der Waals surface area contributed by atoms with E-state index in [-0.39, 0.29) is 17.5 Å². The normalized spacial score (nSPS) is 13.2. The van der Waals surface area contributed by atoms with Crippen LogP contribution in [0.25, 0.3) is 0 Å². The first-order valence-electron chi connectivity index (χ1n) is 6.54. The molecule has 1 aromatic heterocycles. The molecule has 5 heteroatoms. The maximum atomic E-state index is 11.7. The minimum Gasteiger partial charge on any atom is -0.383 e. The summed E-state index contributed by atoms with van der Waals surface area (Å²) in [5.41, 5.74) is 5.21. The van der Waals surface area contributed by atoms with Gasteiger partial charge in [0.25, 0.3) is 0 Å².